The quantitative estimate of drug-likeness (QED) is 0.556. The number of unbranched alkanes of at least 4 members (excludes halogenated alkanes) is 1. The van der Waals surface area contributed by atoms with Crippen molar-refractivity contribution in [2.24, 2.45) is 0 Å². The summed E-state index contributed by atoms with van der Waals surface area (Å²) in [5.74, 6) is 0. The summed E-state index contributed by atoms with van der Waals surface area (Å²) in [6.07, 6.45) is 1.73. The van der Waals surface area contributed by atoms with Crippen LogP contribution in [0.4, 0.5) is 0 Å². The Morgan fingerprint density at radius 1 is 1.36 bits per heavy atom. The average Bonchev–Trinajstić information content (AvgIpc) is 2.14. The molecule has 0 aromatic carbocycles. The summed E-state index contributed by atoms with van der Waals surface area (Å²) in [7, 11) is -4.00. The van der Waals surface area contributed by atoms with Crippen molar-refractivity contribution in [2.45, 2.75) is 19.8 Å². The lowest BCUT2D eigenvalue weighted by Crippen LogP contribution is -2.58. The first-order valence-corrected chi connectivity index (χ1v) is 6.33. The Morgan fingerprint density at radius 2 is 1.93 bits per heavy atom. The van der Waals surface area contributed by atoms with Gasteiger partial charge in [-0.05, 0) is 6.42 Å². The summed E-state index contributed by atoms with van der Waals surface area (Å²) >= 11 is 0. The lowest BCUT2D eigenvalue weighted by molar-refractivity contribution is -0.820. The van der Waals surface area contributed by atoms with Gasteiger partial charge >= 0.3 is 10.3 Å². The Hall–Kier alpha value is -0.170. The van der Waals surface area contributed by atoms with Gasteiger partial charge in [0, 0.05) is 0 Å². The molecule has 14 heavy (non-hydrogen) atoms. The number of rotatable bonds is 4. The molecular formula is C8H18NO4S+. The maximum Gasteiger partial charge on any atom is 0.433 e. The van der Waals surface area contributed by atoms with E-state index in [0.29, 0.717) is 32.8 Å². The molecule has 1 fully saturated rings. The normalized spacial score (nSPS) is 22.1. The van der Waals surface area contributed by atoms with Crippen molar-refractivity contribution in [3.05, 3.63) is 0 Å². The zero-order chi connectivity index (χ0) is 10.7. The highest BCUT2D eigenvalue weighted by molar-refractivity contribution is 7.80. The molecular weight excluding hydrogens is 206 g/mol. The minimum absolute atomic E-state index is 0.221. The first kappa shape index (κ1) is 11.9. The van der Waals surface area contributed by atoms with Crippen LogP contribution < -0.4 is 0 Å². The van der Waals surface area contributed by atoms with Gasteiger partial charge in [-0.1, -0.05) is 13.3 Å². The topological polar surface area (TPSA) is 63.6 Å². The van der Waals surface area contributed by atoms with Crippen LogP contribution in [-0.4, -0.2) is 49.7 Å². The first-order valence-electron chi connectivity index (χ1n) is 4.93. The van der Waals surface area contributed by atoms with Crippen LogP contribution in [0.2, 0.25) is 0 Å². The highest BCUT2D eigenvalue weighted by atomic mass is 32.2. The molecule has 0 unspecified atom stereocenters. The SMILES string of the molecule is CCCC[N+]1(S(=O)(=O)O)CCOCC1. The van der Waals surface area contributed by atoms with Gasteiger partial charge in [0.05, 0.1) is 19.8 Å². The zero-order valence-corrected chi connectivity index (χ0v) is 9.29. The summed E-state index contributed by atoms with van der Waals surface area (Å²) in [4.78, 5) is 0. The van der Waals surface area contributed by atoms with Crippen molar-refractivity contribution < 1.29 is 21.6 Å². The van der Waals surface area contributed by atoms with Gasteiger partial charge in [-0.2, -0.15) is 3.89 Å². The third-order valence-corrected chi connectivity index (χ3v) is 4.22. The molecule has 0 spiro atoms. The molecule has 5 nitrogen and oxygen atoms in total. The van der Waals surface area contributed by atoms with Gasteiger partial charge < -0.3 is 4.74 Å². The van der Waals surface area contributed by atoms with Crippen molar-refractivity contribution in [2.75, 3.05) is 32.8 Å². The molecule has 0 bridgehead atoms. The predicted octanol–water partition coefficient (Wildman–Crippen LogP) is 0.436. The summed E-state index contributed by atoms with van der Waals surface area (Å²) in [5, 5.41) is 0. The number of hydrogen-bond donors (Lipinski definition) is 1. The van der Waals surface area contributed by atoms with Gasteiger partial charge in [-0.25, -0.2) is 4.55 Å². The summed E-state index contributed by atoms with van der Waals surface area (Å²) in [6, 6.07) is 0. The minimum Gasteiger partial charge on any atom is -0.370 e. The molecule has 1 rings (SSSR count). The van der Waals surface area contributed by atoms with E-state index in [1.807, 2.05) is 6.92 Å². The van der Waals surface area contributed by atoms with E-state index in [1.54, 1.807) is 0 Å². The minimum atomic E-state index is -4.00. The Labute approximate surface area is 85.1 Å². The molecule has 1 aliphatic rings. The Balaban J connectivity index is 2.78. The van der Waals surface area contributed by atoms with E-state index in [2.05, 4.69) is 0 Å². The number of nitrogens with zero attached hydrogens (tertiary/aromatic N) is 1. The van der Waals surface area contributed by atoms with E-state index in [9.17, 15) is 13.0 Å². The molecule has 1 saturated heterocycles. The molecule has 0 aromatic rings. The van der Waals surface area contributed by atoms with Crippen LogP contribution in [0.1, 0.15) is 19.8 Å². The highest BCUT2D eigenvalue weighted by Gasteiger charge is 2.41. The van der Waals surface area contributed by atoms with E-state index >= 15 is 0 Å². The fourth-order valence-electron chi connectivity index (χ4n) is 1.69. The molecule has 1 aliphatic heterocycles. The molecule has 6 heteroatoms. The molecule has 0 amide bonds. The second-order valence-electron chi connectivity index (χ2n) is 3.64. The number of morpholine rings is 1. The third kappa shape index (κ3) is 2.44. The van der Waals surface area contributed by atoms with Gasteiger partial charge in [-0.15, -0.1) is 8.42 Å². The monoisotopic (exact) mass is 224 g/mol. The standard InChI is InChI=1S/C8H17NO4S/c1-2-3-4-9(14(10,11)12)5-7-13-8-6-9/h2-8H2,1H3/p+1. The zero-order valence-electron chi connectivity index (χ0n) is 8.48. The summed E-state index contributed by atoms with van der Waals surface area (Å²) < 4.78 is 36.7. The molecule has 1 heterocycles. The van der Waals surface area contributed by atoms with E-state index in [4.69, 9.17) is 4.74 Å². The largest absolute Gasteiger partial charge is 0.433 e. The molecule has 0 aromatic heterocycles. The van der Waals surface area contributed by atoms with Crippen LogP contribution in [0.15, 0.2) is 0 Å². The van der Waals surface area contributed by atoms with E-state index < -0.39 is 10.3 Å². The van der Waals surface area contributed by atoms with Crippen LogP contribution in [0.5, 0.6) is 0 Å². The lowest BCUT2D eigenvalue weighted by atomic mass is 10.3. The molecule has 1 N–H and O–H groups in total. The van der Waals surface area contributed by atoms with Crippen molar-refractivity contribution >= 4 is 10.3 Å². The van der Waals surface area contributed by atoms with Gasteiger partial charge in [-0.3, -0.25) is 0 Å². The van der Waals surface area contributed by atoms with Crippen LogP contribution in [0.25, 0.3) is 0 Å². The van der Waals surface area contributed by atoms with Crippen molar-refractivity contribution in [3.8, 4) is 0 Å². The number of hydrogen-bond acceptors (Lipinski definition) is 3. The third-order valence-electron chi connectivity index (χ3n) is 2.69. The predicted molar refractivity (Wildman–Crippen MR) is 52.1 cm³/mol. The maximum atomic E-state index is 11.3. The smallest absolute Gasteiger partial charge is 0.370 e. The van der Waals surface area contributed by atoms with Crippen LogP contribution in [0, 0.1) is 0 Å². The maximum absolute atomic E-state index is 11.3. The van der Waals surface area contributed by atoms with Crippen molar-refractivity contribution in [3.63, 3.8) is 0 Å². The van der Waals surface area contributed by atoms with E-state index in [1.165, 1.54) is 0 Å². The van der Waals surface area contributed by atoms with Gasteiger partial charge in [0.1, 0.15) is 13.1 Å². The highest BCUT2D eigenvalue weighted by Crippen LogP contribution is 2.18. The van der Waals surface area contributed by atoms with Crippen LogP contribution in [0.3, 0.4) is 0 Å². The van der Waals surface area contributed by atoms with Gasteiger partial charge in [0.2, 0.25) is 0 Å². The molecule has 84 valence electrons. The van der Waals surface area contributed by atoms with Crippen molar-refractivity contribution in [1.82, 2.24) is 0 Å². The molecule has 0 atom stereocenters. The van der Waals surface area contributed by atoms with Gasteiger partial charge in [0.25, 0.3) is 0 Å². The second-order valence-corrected chi connectivity index (χ2v) is 5.31. The Morgan fingerprint density at radius 3 is 2.36 bits per heavy atom. The Bertz CT molecular complexity index is 269. The van der Waals surface area contributed by atoms with Crippen LogP contribution >= 0.6 is 0 Å². The van der Waals surface area contributed by atoms with Crippen molar-refractivity contribution in [1.29, 1.82) is 0 Å². The average molecular weight is 224 g/mol. The lowest BCUT2D eigenvalue weighted by Gasteiger charge is -2.36. The summed E-state index contributed by atoms with van der Waals surface area (Å²) in [5.41, 5.74) is 0. The van der Waals surface area contributed by atoms with Gasteiger partial charge in [0.15, 0.2) is 0 Å². The van der Waals surface area contributed by atoms with Crippen LogP contribution in [-0.2, 0) is 15.0 Å². The van der Waals surface area contributed by atoms with E-state index in [-0.39, 0.29) is 3.89 Å². The fourth-order valence-corrected chi connectivity index (χ4v) is 2.66. The first-order chi connectivity index (χ1) is 6.52. The molecule has 0 aliphatic carbocycles. The summed E-state index contributed by atoms with van der Waals surface area (Å²) in [6.45, 7) is 4.02. The van der Waals surface area contributed by atoms with E-state index in [0.717, 1.165) is 12.8 Å². The molecule has 0 radical (unpaired) electrons. The Kier molecular flexibility index (Phi) is 3.88. The second kappa shape index (κ2) is 4.57. The molecule has 0 saturated carbocycles. The number of ether oxygens (including phenoxy) is 1. The fraction of sp³-hybridized carbons (Fsp3) is 1.00. The number of quaternary nitrogens is 1.